The number of aromatic nitrogens is 2. The number of carbonyl (C=O) groups is 1. The second-order valence-corrected chi connectivity index (χ2v) is 3.19. The van der Waals surface area contributed by atoms with Gasteiger partial charge in [0, 0.05) is 12.4 Å². The second-order valence-electron chi connectivity index (χ2n) is 3.19. The molecule has 72 valence electrons. The summed E-state index contributed by atoms with van der Waals surface area (Å²) >= 11 is 0. The summed E-state index contributed by atoms with van der Waals surface area (Å²) < 4.78 is 1.81. The van der Waals surface area contributed by atoms with Gasteiger partial charge in [0.05, 0.1) is 11.6 Å². The van der Waals surface area contributed by atoms with E-state index in [4.69, 9.17) is 5.11 Å². The number of hydrogen-bond donors (Lipinski definition) is 1. The van der Waals surface area contributed by atoms with Crippen molar-refractivity contribution in [2.75, 3.05) is 0 Å². The minimum Gasteiger partial charge on any atom is -0.481 e. The van der Waals surface area contributed by atoms with Crippen LogP contribution in [0.2, 0.25) is 0 Å². The number of rotatable bonds is 2. The third-order valence-electron chi connectivity index (χ3n) is 2.20. The monoisotopic (exact) mass is 190 g/mol. The Morgan fingerprint density at radius 3 is 3.00 bits per heavy atom. The maximum Gasteiger partial charge on any atom is 0.312 e. The lowest BCUT2D eigenvalue weighted by molar-refractivity contribution is -0.138. The van der Waals surface area contributed by atoms with E-state index >= 15 is 0 Å². The molecule has 0 aliphatic heterocycles. The Kier molecular flexibility index (Phi) is 1.96. The Hall–Kier alpha value is -1.84. The van der Waals surface area contributed by atoms with E-state index in [1.165, 1.54) is 0 Å². The summed E-state index contributed by atoms with van der Waals surface area (Å²) in [5.41, 5.74) is 1.36. The van der Waals surface area contributed by atoms with Crippen LogP contribution in [0.25, 0.3) is 5.65 Å². The van der Waals surface area contributed by atoms with Crippen LogP contribution < -0.4 is 0 Å². The summed E-state index contributed by atoms with van der Waals surface area (Å²) in [5, 5.41) is 8.81. The molecule has 2 heterocycles. The van der Waals surface area contributed by atoms with Gasteiger partial charge < -0.3 is 9.51 Å². The molecule has 1 atom stereocenters. The van der Waals surface area contributed by atoms with Crippen LogP contribution in [-0.2, 0) is 4.79 Å². The zero-order valence-corrected chi connectivity index (χ0v) is 7.71. The number of pyridine rings is 1. The normalized spacial score (nSPS) is 12.9. The number of fused-ring (bicyclic) bond motifs is 1. The van der Waals surface area contributed by atoms with Gasteiger partial charge in [-0.25, -0.2) is 4.98 Å². The van der Waals surface area contributed by atoms with Crippen molar-refractivity contribution in [3.05, 3.63) is 36.3 Å². The fraction of sp³-hybridized carbons (Fsp3) is 0.200. The smallest absolute Gasteiger partial charge is 0.312 e. The highest BCUT2D eigenvalue weighted by Gasteiger charge is 2.16. The van der Waals surface area contributed by atoms with Crippen molar-refractivity contribution in [2.24, 2.45) is 0 Å². The number of hydrogen-bond acceptors (Lipinski definition) is 2. The van der Waals surface area contributed by atoms with Crippen molar-refractivity contribution in [1.82, 2.24) is 9.38 Å². The van der Waals surface area contributed by atoms with Crippen LogP contribution in [0.15, 0.2) is 30.6 Å². The molecule has 0 radical (unpaired) electrons. The van der Waals surface area contributed by atoms with Crippen LogP contribution in [-0.4, -0.2) is 20.5 Å². The predicted molar refractivity (Wildman–Crippen MR) is 51.2 cm³/mol. The van der Waals surface area contributed by atoms with Gasteiger partial charge in [-0.3, -0.25) is 4.79 Å². The van der Waals surface area contributed by atoms with Crippen LogP contribution in [0.5, 0.6) is 0 Å². The van der Waals surface area contributed by atoms with Gasteiger partial charge in [0.2, 0.25) is 0 Å². The highest BCUT2D eigenvalue weighted by atomic mass is 16.4. The highest BCUT2D eigenvalue weighted by molar-refractivity contribution is 5.75. The first-order valence-electron chi connectivity index (χ1n) is 4.35. The molecule has 4 heteroatoms. The summed E-state index contributed by atoms with van der Waals surface area (Å²) in [4.78, 5) is 14.9. The molecule has 2 aromatic heterocycles. The van der Waals surface area contributed by atoms with Crippen LogP contribution >= 0.6 is 0 Å². The average molecular weight is 190 g/mol. The maximum absolute atomic E-state index is 10.7. The lowest BCUT2D eigenvalue weighted by Crippen LogP contribution is -2.07. The lowest BCUT2D eigenvalue weighted by atomic mass is 10.1. The molecule has 2 rings (SSSR count). The van der Waals surface area contributed by atoms with Crippen molar-refractivity contribution in [1.29, 1.82) is 0 Å². The molecule has 0 spiro atoms. The topological polar surface area (TPSA) is 54.6 Å². The summed E-state index contributed by atoms with van der Waals surface area (Å²) in [6, 6.07) is 5.60. The van der Waals surface area contributed by atoms with E-state index in [-0.39, 0.29) is 0 Å². The van der Waals surface area contributed by atoms with Gasteiger partial charge in [0.25, 0.3) is 0 Å². The molecular weight excluding hydrogens is 180 g/mol. The quantitative estimate of drug-likeness (QED) is 0.781. The van der Waals surface area contributed by atoms with E-state index in [9.17, 15) is 4.79 Å². The first-order chi connectivity index (χ1) is 6.68. The molecule has 4 nitrogen and oxygen atoms in total. The van der Waals surface area contributed by atoms with Gasteiger partial charge in [-0.1, -0.05) is 6.07 Å². The molecule has 0 saturated carbocycles. The Balaban J connectivity index is 2.50. The minimum atomic E-state index is -0.853. The predicted octanol–water partition coefficient (Wildman–Crippen LogP) is 1.52. The Bertz CT molecular complexity index is 443. The zero-order chi connectivity index (χ0) is 10.1. The molecule has 0 aliphatic rings. The van der Waals surface area contributed by atoms with E-state index in [0.29, 0.717) is 5.69 Å². The number of carboxylic acid groups (broad SMARTS) is 1. The molecule has 1 N–H and O–H groups in total. The third-order valence-corrected chi connectivity index (χ3v) is 2.20. The molecule has 0 bridgehead atoms. The first-order valence-corrected chi connectivity index (χ1v) is 4.35. The Labute approximate surface area is 80.8 Å². The molecule has 1 unspecified atom stereocenters. The fourth-order valence-electron chi connectivity index (χ4n) is 1.29. The molecule has 0 fully saturated rings. The van der Waals surface area contributed by atoms with Crippen molar-refractivity contribution in [2.45, 2.75) is 12.8 Å². The van der Waals surface area contributed by atoms with Crippen LogP contribution in [0.1, 0.15) is 18.5 Å². The maximum atomic E-state index is 10.7. The number of carboxylic acids is 1. The van der Waals surface area contributed by atoms with E-state index < -0.39 is 11.9 Å². The molecule has 0 saturated heterocycles. The van der Waals surface area contributed by atoms with Gasteiger partial charge >= 0.3 is 5.97 Å². The van der Waals surface area contributed by atoms with Crippen molar-refractivity contribution in [3.8, 4) is 0 Å². The minimum absolute atomic E-state index is 0.560. The number of nitrogens with zero attached hydrogens (tertiary/aromatic N) is 2. The molecule has 14 heavy (non-hydrogen) atoms. The van der Waals surface area contributed by atoms with Crippen LogP contribution in [0, 0.1) is 0 Å². The lowest BCUT2D eigenvalue weighted by Gasteiger charge is -1.98. The average Bonchev–Trinajstić information content (AvgIpc) is 2.59. The number of aliphatic carboxylic acids is 1. The number of imidazole rings is 1. The largest absolute Gasteiger partial charge is 0.481 e. The second kappa shape index (κ2) is 3.14. The van der Waals surface area contributed by atoms with Crippen molar-refractivity contribution < 1.29 is 9.90 Å². The van der Waals surface area contributed by atoms with Gasteiger partial charge in [0.1, 0.15) is 5.65 Å². The van der Waals surface area contributed by atoms with E-state index in [0.717, 1.165) is 5.65 Å². The van der Waals surface area contributed by atoms with Crippen molar-refractivity contribution >= 4 is 11.6 Å². The molecular formula is C10H10N2O2. The van der Waals surface area contributed by atoms with Gasteiger partial charge in [-0.15, -0.1) is 0 Å². The molecule has 0 aromatic carbocycles. The SMILES string of the molecule is CC(C(=O)O)c1cn2ccccc2n1. The van der Waals surface area contributed by atoms with Gasteiger partial charge in [-0.05, 0) is 19.1 Å². The fourth-order valence-corrected chi connectivity index (χ4v) is 1.29. The Morgan fingerprint density at radius 1 is 1.57 bits per heavy atom. The van der Waals surface area contributed by atoms with E-state index in [1.54, 1.807) is 13.1 Å². The summed E-state index contributed by atoms with van der Waals surface area (Å²) in [5.74, 6) is -1.41. The van der Waals surface area contributed by atoms with E-state index in [1.807, 2.05) is 28.8 Å². The summed E-state index contributed by atoms with van der Waals surface area (Å²) in [7, 11) is 0. The molecule has 0 aliphatic carbocycles. The summed E-state index contributed by atoms with van der Waals surface area (Å²) in [6.45, 7) is 1.63. The summed E-state index contributed by atoms with van der Waals surface area (Å²) in [6.07, 6.45) is 3.59. The first kappa shape index (κ1) is 8.74. The van der Waals surface area contributed by atoms with Gasteiger partial charge in [0.15, 0.2) is 0 Å². The molecule has 2 aromatic rings. The third kappa shape index (κ3) is 1.35. The van der Waals surface area contributed by atoms with Gasteiger partial charge in [-0.2, -0.15) is 0 Å². The molecule has 0 amide bonds. The zero-order valence-electron chi connectivity index (χ0n) is 7.71. The van der Waals surface area contributed by atoms with Crippen LogP contribution in [0.3, 0.4) is 0 Å². The van der Waals surface area contributed by atoms with E-state index in [2.05, 4.69) is 4.98 Å². The highest BCUT2D eigenvalue weighted by Crippen LogP contribution is 2.14. The van der Waals surface area contributed by atoms with Crippen molar-refractivity contribution in [3.63, 3.8) is 0 Å². The van der Waals surface area contributed by atoms with Crippen LogP contribution in [0.4, 0.5) is 0 Å². The standard InChI is InChI=1S/C10H10N2O2/c1-7(10(13)14)8-6-12-5-3-2-4-9(12)11-8/h2-7H,1H3,(H,13,14). The Morgan fingerprint density at radius 2 is 2.36 bits per heavy atom.